The van der Waals surface area contributed by atoms with Crippen LogP contribution < -0.4 is 9.52 Å². The van der Waals surface area contributed by atoms with E-state index in [1.807, 2.05) is 11.5 Å². The van der Waals surface area contributed by atoms with Gasteiger partial charge in [0.2, 0.25) is 0 Å². The van der Waals surface area contributed by atoms with Crippen LogP contribution >= 0.6 is 11.3 Å². The summed E-state index contributed by atoms with van der Waals surface area (Å²) in [5.41, 5.74) is 4.88. The second kappa shape index (κ2) is 10.2. The van der Waals surface area contributed by atoms with Crippen LogP contribution in [0.2, 0.25) is 0 Å². The quantitative estimate of drug-likeness (QED) is 0.387. The van der Waals surface area contributed by atoms with Crippen molar-refractivity contribution in [1.82, 2.24) is 4.57 Å². The average Bonchev–Trinajstić information content (AvgIpc) is 3.13. The normalized spacial score (nSPS) is 12.3. The predicted octanol–water partition coefficient (Wildman–Crippen LogP) is 4.82. The van der Waals surface area contributed by atoms with Crippen LogP contribution in [0.15, 0.2) is 70.6 Å². The number of hydrogen-bond donors (Lipinski definition) is 1. The van der Waals surface area contributed by atoms with Crippen LogP contribution in [0.1, 0.15) is 27.0 Å². The number of hydrogen-bond acceptors (Lipinski definition) is 5. The first-order valence-electron chi connectivity index (χ1n) is 11.1. The molecule has 0 aliphatic carbocycles. The van der Waals surface area contributed by atoms with Crippen molar-refractivity contribution in [1.29, 1.82) is 0 Å². The van der Waals surface area contributed by atoms with E-state index < -0.39 is 15.9 Å². The van der Waals surface area contributed by atoms with Crippen molar-refractivity contribution in [2.24, 2.45) is 4.99 Å². The smallest absolute Gasteiger partial charge is 0.279 e. The molecule has 0 fully saturated rings. The van der Waals surface area contributed by atoms with E-state index >= 15 is 0 Å². The Morgan fingerprint density at radius 3 is 2.46 bits per heavy atom. The van der Waals surface area contributed by atoms with E-state index in [1.54, 1.807) is 49.6 Å². The molecule has 1 N–H and O–H groups in total. The Balaban J connectivity index is 1.68. The molecular formula is C26H27N3O4S2. The number of rotatable bonds is 7. The molecule has 0 radical (unpaired) electrons. The molecule has 0 saturated carbocycles. The lowest BCUT2D eigenvalue weighted by Gasteiger charge is -2.09. The maximum Gasteiger partial charge on any atom is 0.279 e. The first-order chi connectivity index (χ1) is 16.7. The van der Waals surface area contributed by atoms with Gasteiger partial charge in [-0.05, 0) is 74.4 Å². The minimum absolute atomic E-state index is 0.152. The molecular weight excluding hydrogens is 482 g/mol. The molecule has 7 nitrogen and oxygen atoms in total. The number of carbonyl (C=O) groups is 1. The molecule has 0 bridgehead atoms. The number of fused-ring (bicyclic) bond motifs is 1. The van der Waals surface area contributed by atoms with Gasteiger partial charge in [-0.3, -0.25) is 9.52 Å². The largest absolute Gasteiger partial charge is 0.383 e. The summed E-state index contributed by atoms with van der Waals surface area (Å²) in [6.45, 7) is 7.04. The fraction of sp³-hybridized carbons (Fsp3) is 0.231. The molecule has 1 aromatic heterocycles. The van der Waals surface area contributed by atoms with E-state index in [2.05, 4.69) is 35.7 Å². The van der Waals surface area contributed by atoms with E-state index in [-0.39, 0.29) is 10.5 Å². The lowest BCUT2D eigenvalue weighted by atomic mass is 10.1. The molecule has 0 aliphatic rings. The van der Waals surface area contributed by atoms with Gasteiger partial charge in [-0.25, -0.2) is 8.42 Å². The molecule has 0 atom stereocenters. The molecule has 4 aromatic rings. The van der Waals surface area contributed by atoms with Gasteiger partial charge in [-0.2, -0.15) is 4.99 Å². The second-order valence-corrected chi connectivity index (χ2v) is 11.0. The first-order valence-corrected chi connectivity index (χ1v) is 13.4. The highest BCUT2D eigenvalue weighted by atomic mass is 32.2. The van der Waals surface area contributed by atoms with Crippen molar-refractivity contribution in [3.05, 3.63) is 87.7 Å². The van der Waals surface area contributed by atoms with Crippen molar-refractivity contribution in [3.8, 4) is 0 Å². The third-order valence-electron chi connectivity index (χ3n) is 5.71. The van der Waals surface area contributed by atoms with Crippen LogP contribution in [0.3, 0.4) is 0 Å². The number of ether oxygens (including phenoxy) is 1. The highest BCUT2D eigenvalue weighted by molar-refractivity contribution is 7.92. The predicted molar refractivity (Wildman–Crippen MR) is 139 cm³/mol. The summed E-state index contributed by atoms with van der Waals surface area (Å²) in [6, 6.07) is 17.1. The molecule has 0 aliphatic heterocycles. The topological polar surface area (TPSA) is 89.8 Å². The Labute approximate surface area is 208 Å². The van der Waals surface area contributed by atoms with Gasteiger partial charge >= 0.3 is 0 Å². The number of sulfonamides is 1. The molecule has 9 heteroatoms. The number of aromatic nitrogens is 1. The zero-order valence-electron chi connectivity index (χ0n) is 20.0. The number of anilines is 1. The molecule has 1 heterocycles. The number of nitrogens with one attached hydrogen (secondary N) is 1. The molecule has 3 aromatic carbocycles. The van der Waals surface area contributed by atoms with Gasteiger partial charge in [0.05, 0.1) is 21.7 Å². The highest BCUT2D eigenvalue weighted by Crippen LogP contribution is 2.23. The van der Waals surface area contributed by atoms with Crippen LogP contribution in [0.5, 0.6) is 0 Å². The minimum Gasteiger partial charge on any atom is -0.383 e. The standard InChI is InChI=1S/C26H27N3O4S2/c1-17-8-10-22(11-9-17)35(31,32)28-21-7-5-6-20(16-21)25(30)27-26-29(12-13-33-4)23-14-18(2)19(3)15-24(23)34-26/h5-11,14-16,28H,12-13H2,1-4H3. The first kappa shape index (κ1) is 24.8. The lowest BCUT2D eigenvalue weighted by molar-refractivity contribution is 0.0997. The number of methoxy groups -OCH3 is 1. The van der Waals surface area contributed by atoms with E-state index in [4.69, 9.17) is 4.74 Å². The van der Waals surface area contributed by atoms with Gasteiger partial charge in [0.25, 0.3) is 15.9 Å². The van der Waals surface area contributed by atoms with Crippen molar-refractivity contribution < 1.29 is 17.9 Å². The highest BCUT2D eigenvalue weighted by Gasteiger charge is 2.16. The number of aryl methyl sites for hydroxylation is 3. The van der Waals surface area contributed by atoms with E-state index in [0.29, 0.717) is 23.6 Å². The van der Waals surface area contributed by atoms with Gasteiger partial charge in [-0.15, -0.1) is 0 Å². The average molecular weight is 510 g/mol. The zero-order chi connectivity index (χ0) is 25.2. The summed E-state index contributed by atoms with van der Waals surface area (Å²) in [5, 5.41) is 0. The molecule has 0 saturated heterocycles. The van der Waals surface area contributed by atoms with Crippen LogP contribution in [-0.2, 0) is 21.3 Å². The van der Waals surface area contributed by atoms with Crippen LogP contribution in [0, 0.1) is 20.8 Å². The van der Waals surface area contributed by atoms with Gasteiger partial charge in [0.15, 0.2) is 4.80 Å². The lowest BCUT2D eigenvalue weighted by Crippen LogP contribution is -2.19. The Hall–Kier alpha value is -3.27. The number of nitrogens with zero attached hydrogens (tertiary/aromatic N) is 2. The van der Waals surface area contributed by atoms with Crippen molar-refractivity contribution in [2.45, 2.75) is 32.2 Å². The molecule has 35 heavy (non-hydrogen) atoms. The fourth-order valence-electron chi connectivity index (χ4n) is 3.60. The monoisotopic (exact) mass is 509 g/mol. The van der Waals surface area contributed by atoms with Gasteiger partial charge in [0, 0.05) is 24.9 Å². The third kappa shape index (κ3) is 5.53. The maximum absolute atomic E-state index is 13.1. The zero-order valence-corrected chi connectivity index (χ0v) is 21.7. The van der Waals surface area contributed by atoms with E-state index in [0.717, 1.165) is 21.3 Å². The SMILES string of the molecule is COCCn1c(=NC(=O)c2cccc(NS(=O)(=O)c3ccc(C)cc3)c2)sc2cc(C)c(C)cc21. The third-order valence-corrected chi connectivity index (χ3v) is 8.15. The summed E-state index contributed by atoms with van der Waals surface area (Å²) in [4.78, 5) is 18.2. The van der Waals surface area contributed by atoms with Crippen molar-refractivity contribution >= 4 is 43.2 Å². The van der Waals surface area contributed by atoms with E-state index in [1.165, 1.54) is 23.0 Å². The van der Waals surface area contributed by atoms with E-state index in [9.17, 15) is 13.2 Å². The van der Waals surface area contributed by atoms with Gasteiger partial charge < -0.3 is 9.30 Å². The van der Waals surface area contributed by atoms with Crippen molar-refractivity contribution in [3.63, 3.8) is 0 Å². The molecule has 0 unspecified atom stereocenters. The summed E-state index contributed by atoms with van der Waals surface area (Å²) in [6.07, 6.45) is 0. The molecule has 4 rings (SSSR count). The second-order valence-electron chi connectivity index (χ2n) is 8.35. The van der Waals surface area contributed by atoms with Gasteiger partial charge in [0.1, 0.15) is 0 Å². The molecule has 1 amide bonds. The fourth-order valence-corrected chi connectivity index (χ4v) is 5.79. The van der Waals surface area contributed by atoms with Crippen molar-refractivity contribution in [2.75, 3.05) is 18.4 Å². The summed E-state index contributed by atoms with van der Waals surface area (Å²) in [7, 11) is -2.15. The Morgan fingerprint density at radius 2 is 1.74 bits per heavy atom. The summed E-state index contributed by atoms with van der Waals surface area (Å²) in [5.74, 6) is -0.451. The Bertz CT molecular complexity index is 1570. The number of carbonyl (C=O) groups excluding carboxylic acids is 1. The minimum atomic E-state index is -3.78. The van der Waals surface area contributed by atoms with Crippen LogP contribution in [-0.4, -0.2) is 32.6 Å². The molecule has 0 spiro atoms. The Morgan fingerprint density at radius 1 is 1.03 bits per heavy atom. The van der Waals surface area contributed by atoms with Crippen LogP contribution in [0.4, 0.5) is 5.69 Å². The van der Waals surface area contributed by atoms with Gasteiger partial charge in [-0.1, -0.05) is 35.1 Å². The number of benzene rings is 3. The summed E-state index contributed by atoms with van der Waals surface area (Å²) < 4.78 is 36.3. The Kier molecular flexibility index (Phi) is 7.20. The number of amides is 1. The summed E-state index contributed by atoms with van der Waals surface area (Å²) >= 11 is 1.44. The molecule has 182 valence electrons. The maximum atomic E-state index is 13.1. The number of thiazole rings is 1. The van der Waals surface area contributed by atoms with Crippen LogP contribution in [0.25, 0.3) is 10.2 Å².